The molecule has 0 atom stereocenters. The lowest BCUT2D eigenvalue weighted by molar-refractivity contribution is 0.673. The maximum atomic E-state index is 6.83. The maximum Gasteiger partial charge on any atom is 0.143 e. The van der Waals surface area contributed by atoms with Crippen LogP contribution >= 0.6 is 0 Å². The normalized spacial score (nSPS) is 12.0. The van der Waals surface area contributed by atoms with Crippen molar-refractivity contribution in [3.63, 3.8) is 0 Å². The first kappa shape index (κ1) is 30.3. The molecule has 12 aromatic rings. The molecular formula is C54H32O. The molecular weight excluding hydrogens is 665 g/mol. The fourth-order valence-corrected chi connectivity index (χ4v) is 9.37. The summed E-state index contributed by atoms with van der Waals surface area (Å²) < 4.78 is 6.83. The van der Waals surface area contributed by atoms with Gasteiger partial charge in [-0.05, 0) is 117 Å². The zero-order valence-corrected chi connectivity index (χ0v) is 29.9. The maximum absolute atomic E-state index is 6.83. The van der Waals surface area contributed by atoms with E-state index in [4.69, 9.17) is 4.42 Å². The van der Waals surface area contributed by atoms with Gasteiger partial charge in [0.1, 0.15) is 11.2 Å². The summed E-state index contributed by atoms with van der Waals surface area (Å²) in [6, 6.07) is 71.0. The van der Waals surface area contributed by atoms with Gasteiger partial charge in [-0.15, -0.1) is 0 Å². The van der Waals surface area contributed by atoms with E-state index in [9.17, 15) is 0 Å². The average Bonchev–Trinajstić information content (AvgIpc) is 3.63. The molecule has 0 bridgehead atoms. The Balaban J connectivity index is 1.08. The predicted molar refractivity (Wildman–Crippen MR) is 235 cm³/mol. The van der Waals surface area contributed by atoms with Crippen molar-refractivity contribution in [2.24, 2.45) is 0 Å². The quantitative estimate of drug-likeness (QED) is 0.132. The largest absolute Gasteiger partial charge is 0.455 e. The van der Waals surface area contributed by atoms with E-state index in [1.165, 1.54) is 98.0 Å². The monoisotopic (exact) mass is 696 g/mol. The number of rotatable bonds is 3. The molecule has 1 heteroatoms. The molecule has 0 amide bonds. The molecule has 0 radical (unpaired) electrons. The molecule has 0 aliphatic heterocycles. The van der Waals surface area contributed by atoms with Crippen LogP contribution in [0.2, 0.25) is 0 Å². The van der Waals surface area contributed by atoms with Crippen molar-refractivity contribution in [1.82, 2.24) is 0 Å². The van der Waals surface area contributed by atoms with Crippen LogP contribution in [0.3, 0.4) is 0 Å². The fraction of sp³-hybridized carbons (Fsp3) is 0. The summed E-state index contributed by atoms with van der Waals surface area (Å²) in [5.41, 5.74) is 9.22. The minimum absolute atomic E-state index is 0.911. The van der Waals surface area contributed by atoms with E-state index in [2.05, 4.69) is 194 Å². The third-order valence-electron chi connectivity index (χ3n) is 11.8. The van der Waals surface area contributed by atoms with Crippen molar-refractivity contribution in [3.8, 4) is 33.4 Å². The average molecular weight is 697 g/mol. The Morgan fingerprint density at radius 2 is 0.800 bits per heavy atom. The van der Waals surface area contributed by atoms with E-state index in [1.807, 2.05) is 0 Å². The summed E-state index contributed by atoms with van der Waals surface area (Å²) in [6.45, 7) is 0. The van der Waals surface area contributed by atoms with Gasteiger partial charge < -0.3 is 4.42 Å². The fourth-order valence-electron chi connectivity index (χ4n) is 9.37. The van der Waals surface area contributed by atoms with Crippen molar-refractivity contribution < 1.29 is 4.42 Å². The lowest BCUT2D eigenvalue weighted by atomic mass is 9.85. The first-order valence-electron chi connectivity index (χ1n) is 19.0. The van der Waals surface area contributed by atoms with Crippen molar-refractivity contribution in [2.45, 2.75) is 0 Å². The predicted octanol–water partition coefficient (Wildman–Crippen LogP) is 15.5. The molecule has 55 heavy (non-hydrogen) atoms. The van der Waals surface area contributed by atoms with Crippen LogP contribution in [0.15, 0.2) is 199 Å². The molecule has 0 aliphatic carbocycles. The van der Waals surface area contributed by atoms with E-state index in [-0.39, 0.29) is 0 Å². The Labute approximate surface area is 317 Å². The van der Waals surface area contributed by atoms with Gasteiger partial charge >= 0.3 is 0 Å². The van der Waals surface area contributed by atoms with Gasteiger partial charge in [0, 0.05) is 16.2 Å². The molecule has 0 unspecified atom stereocenters. The second kappa shape index (κ2) is 11.6. The Morgan fingerprint density at radius 1 is 0.273 bits per heavy atom. The summed E-state index contributed by atoms with van der Waals surface area (Å²) >= 11 is 0. The summed E-state index contributed by atoms with van der Waals surface area (Å²) in [4.78, 5) is 0. The van der Waals surface area contributed by atoms with Crippen LogP contribution < -0.4 is 0 Å². The first-order chi connectivity index (χ1) is 27.3. The topological polar surface area (TPSA) is 13.1 Å². The van der Waals surface area contributed by atoms with Crippen LogP contribution in [0.5, 0.6) is 0 Å². The highest BCUT2D eigenvalue weighted by molar-refractivity contribution is 6.31. The van der Waals surface area contributed by atoms with Crippen molar-refractivity contribution in [3.05, 3.63) is 194 Å². The van der Waals surface area contributed by atoms with Crippen LogP contribution in [0.25, 0.3) is 120 Å². The highest BCUT2D eigenvalue weighted by atomic mass is 16.3. The van der Waals surface area contributed by atoms with Gasteiger partial charge in [-0.2, -0.15) is 0 Å². The van der Waals surface area contributed by atoms with Gasteiger partial charge in [0.15, 0.2) is 0 Å². The van der Waals surface area contributed by atoms with Gasteiger partial charge in [0.25, 0.3) is 0 Å². The van der Waals surface area contributed by atoms with Crippen LogP contribution in [0.1, 0.15) is 0 Å². The van der Waals surface area contributed by atoms with Gasteiger partial charge in [-0.1, -0.05) is 170 Å². The molecule has 12 rings (SSSR count). The SMILES string of the molecule is c1cc(-c2cccc3cc4c(cc23)oc2c3ccccc3c3ccccc3c42)cc(-c2c3ccccc3c(-c3ccc4ccccc4c3)c3ccccc23)c1. The molecule has 1 aromatic heterocycles. The van der Waals surface area contributed by atoms with E-state index in [0.29, 0.717) is 0 Å². The lowest BCUT2D eigenvalue weighted by Gasteiger charge is -2.18. The van der Waals surface area contributed by atoms with Crippen LogP contribution in [-0.4, -0.2) is 0 Å². The minimum atomic E-state index is 0.911. The van der Waals surface area contributed by atoms with Gasteiger partial charge in [0.2, 0.25) is 0 Å². The van der Waals surface area contributed by atoms with Crippen LogP contribution in [0, 0.1) is 0 Å². The van der Waals surface area contributed by atoms with Crippen molar-refractivity contribution in [1.29, 1.82) is 0 Å². The third-order valence-corrected chi connectivity index (χ3v) is 11.8. The number of fused-ring (bicyclic) bond motifs is 12. The van der Waals surface area contributed by atoms with Crippen molar-refractivity contribution in [2.75, 3.05) is 0 Å². The third kappa shape index (κ3) is 4.48. The van der Waals surface area contributed by atoms with Gasteiger partial charge in [-0.25, -0.2) is 0 Å². The molecule has 0 aliphatic rings. The Bertz CT molecular complexity index is 3490. The van der Waals surface area contributed by atoms with Gasteiger partial charge in [0.05, 0.1) is 0 Å². The highest BCUT2D eigenvalue weighted by Gasteiger charge is 2.19. The zero-order valence-electron chi connectivity index (χ0n) is 29.9. The van der Waals surface area contributed by atoms with E-state index in [0.717, 1.165) is 21.9 Å². The molecule has 0 saturated heterocycles. The number of hydrogen-bond acceptors (Lipinski definition) is 1. The highest BCUT2D eigenvalue weighted by Crippen LogP contribution is 2.46. The Hall–Kier alpha value is -7.22. The zero-order chi connectivity index (χ0) is 36.0. The minimum Gasteiger partial charge on any atom is -0.455 e. The Morgan fingerprint density at radius 3 is 1.51 bits per heavy atom. The van der Waals surface area contributed by atoms with Crippen LogP contribution in [-0.2, 0) is 0 Å². The molecule has 0 fully saturated rings. The van der Waals surface area contributed by atoms with E-state index < -0.39 is 0 Å². The molecule has 1 heterocycles. The van der Waals surface area contributed by atoms with E-state index >= 15 is 0 Å². The number of benzene rings is 11. The summed E-state index contributed by atoms with van der Waals surface area (Å²) in [6.07, 6.45) is 0. The van der Waals surface area contributed by atoms with E-state index in [1.54, 1.807) is 0 Å². The first-order valence-corrected chi connectivity index (χ1v) is 19.0. The lowest BCUT2D eigenvalue weighted by Crippen LogP contribution is -1.91. The summed E-state index contributed by atoms with van der Waals surface area (Å²) in [7, 11) is 0. The smallest absolute Gasteiger partial charge is 0.143 e. The summed E-state index contributed by atoms with van der Waals surface area (Å²) in [5.74, 6) is 0. The number of furan rings is 1. The van der Waals surface area contributed by atoms with Crippen molar-refractivity contribution >= 4 is 86.6 Å². The number of hydrogen-bond donors (Lipinski definition) is 0. The molecule has 254 valence electrons. The molecule has 11 aromatic carbocycles. The van der Waals surface area contributed by atoms with Gasteiger partial charge in [-0.3, -0.25) is 0 Å². The Kier molecular flexibility index (Phi) is 6.40. The molecule has 0 N–H and O–H groups in total. The second-order valence-electron chi connectivity index (χ2n) is 14.8. The summed E-state index contributed by atoms with van der Waals surface area (Å²) in [5, 5.41) is 17.1. The van der Waals surface area contributed by atoms with Crippen LogP contribution in [0.4, 0.5) is 0 Å². The molecule has 0 saturated carbocycles. The second-order valence-corrected chi connectivity index (χ2v) is 14.8. The molecule has 1 nitrogen and oxygen atoms in total. The standard InChI is InChI=1S/C54H32O/c1-2-14-34-29-38(28-27-33(34)13-1)52-45-23-8-6-21-43(45)51(44-22-7-9-24-46(44)52)37-17-11-15-35(30-37)39-26-12-16-36-31-49-50(32-48(36)39)55-54-47-25-10-4-19-41(47)40-18-3-5-20-42(40)53(49)54/h1-32H. The molecule has 0 spiro atoms.